The van der Waals surface area contributed by atoms with E-state index in [1.54, 1.807) is 41.6 Å². The van der Waals surface area contributed by atoms with E-state index in [-0.39, 0.29) is 11.7 Å². The molecule has 2 unspecified atom stereocenters. The van der Waals surface area contributed by atoms with Gasteiger partial charge in [-0.3, -0.25) is 0 Å². The Hall–Kier alpha value is -3.13. The highest BCUT2D eigenvalue weighted by atomic mass is 19.1. The van der Waals surface area contributed by atoms with Crippen molar-refractivity contribution in [1.29, 1.82) is 0 Å². The van der Waals surface area contributed by atoms with E-state index >= 15 is 4.39 Å². The normalized spacial score (nSPS) is 27.7. The van der Waals surface area contributed by atoms with Gasteiger partial charge in [-0.2, -0.15) is 0 Å². The van der Waals surface area contributed by atoms with Crippen LogP contribution in [0.3, 0.4) is 0 Å². The van der Waals surface area contributed by atoms with Crippen LogP contribution in [0.2, 0.25) is 0 Å². The number of aromatic hydroxyl groups is 1. The number of rotatable bonds is 4. The van der Waals surface area contributed by atoms with Gasteiger partial charge < -0.3 is 15.0 Å². The predicted octanol–water partition coefficient (Wildman–Crippen LogP) is 3.70. The Labute approximate surface area is 180 Å². The van der Waals surface area contributed by atoms with E-state index in [4.69, 9.17) is 0 Å². The quantitative estimate of drug-likeness (QED) is 0.669. The first-order valence-electron chi connectivity index (χ1n) is 10.6. The van der Waals surface area contributed by atoms with Gasteiger partial charge in [0.25, 0.3) is 0 Å². The molecular weight excluding hydrogens is 395 g/mol. The molecule has 8 heteroatoms. The minimum atomic E-state index is -1.03. The van der Waals surface area contributed by atoms with E-state index in [0.717, 1.165) is 24.9 Å². The summed E-state index contributed by atoms with van der Waals surface area (Å²) in [6.45, 7) is 6.11. The van der Waals surface area contributed by atoms with E-state index in [9.17, 15) is 5.11 Å². The van der Waals surface area contributed by atoms with Crippen LogP contribution in [-0.2, 0) is 0 Å². The van der Waals surface area contributed by atoms with Crippen molar-refractivity contribution in [3.05, 3.63) is 55.4 Å². The zero-order chi connectivity index (χ0) is 21.6. The van der Waals surface area contributed by atoms with Gasteiger partial charge in [-0.25, -0.2) is 14.4 Å². The summed E-state index contributed by atoms with van der Waals surface area (Å²) in [5.41, 5.74) is 1.86. The summed E-state index contributed by atoms with van der Waals surface area (Å²) in [6, 6.07) is 5.51. The Morgan fingerprint density at radius 2 is 2.23 bits per heavy atom. The first-order chi connectivity index (χ1) is 14.9. The van der Waals surface area contributed by atoms with Crippen molar-refractivity contribution in [1.82, 2.24) is 30.0 Å². The fourth-order valence-electron chi connectivity index (χ4n) is 4.93. The number of phenolic OH excluding ortho intramolecular Hbond substituents is 1. The van der Waals surface area contributed by atoms with E-state index in [1.165, 1.54) is 0 Å². The molecule has 0 amide bonds. The van der Waals surface area contributed by atoms with Gasteiger partial charge in [0.2, 0.25) is 0 Å². The lowest BCUT2D eigenvalue weighted by atomic mass is 9.69. The summed E-state index contributed by atoms with van der Waals surface area (Å²) in [4.78, 5) is 8.39. The van der Waals surface area contributed by atoms with Gasteiger partial charge in [-0.1, -0.05) is 6.58 Å². The maximum Gasteiger partial charge on any atom is 0.185 e. The van der Waals surface area contributed by atoms with Gasteiger partial charge in [0, 0.05) is 36.0 Å². The first kappa shape index (κ1) is 19.8. The molecule has 2 aliphatic heterocycles. The number of imidazole rings is 1. The molecule has 4 heterocycles. The number of fused-ring (bicyclic) bond motifs is 2. The third-order valence-corrected chi connectivity index (χ3v) is 6.65. The summed E-state index contributed by atoms with van der Waals surface area (Å²) in [6.07, 6.45) is 9.29. The van der Waals surface area contributed by atoms with Crippen LogP contribution in [0, 0.1) is 5.92 Å². The lowest BCUT2D eigenvalue weighted by Crippen LogP contribution is -2.63. The van der Waals surface area contributed by atoms with Crippen LogP contribution in [0.15, 0.2) is 49.7 Å². The Bertz CT molecular complexity index is 1100. The molecule has 160 valence electrons. The molecule has 0 radical (unpaired) electrons. The summed E-state index contributed by atoms with van der Waals surface area (Å²) in [7, 11) is 0. The SMILES string of the molecule is C=C(c1cnc(-c2ccc(-n3ccnc3)cc2O)nn1)C1CC2CCC[C@](C)(N2)[C@@H]1F. The number of phenols is 1. The molecule has 2 aromatic heterocycles. The molecule has 2 saturated heterocycles. The fraction of sp³-hybridized carbons (Fsp3) is 0.391. The summed E-state index contributed by atoms with van der Waals surface area (Å²) in [5, 5.41) is 22.4. The molecule has 5 rings (SSSR count). The summed E-state index contributed by atoms with van der Waals surface area (Å²) in [5.74, 6) is 0.0426. The van der Waals surface area contributed by atoms with Crippen LogP contribution in [0.25, 0.3) is 22.6 Å². The summed E-state index contributed by atoms with van der Waals surface area (Å²) >= 11 is 0. The fourth-order valence-corrected chi connectivity index (χ4v) is 4.93. The number of allylic oxidation sites excluding steroid dienone is 1. The highest BCUT2D eigenvalue weighted by Crippen LogP contribution is 2.43. The molecule has 0 aliphatic carbocycles. The minimum absolute atomic E-state index is 0.0440. The second kappa shape index (κ2) is 7.53. The Balaban J connectivity index is 1.37. The third-order valence-electron chi connectivity index (χ3n) is 6.65. The van der Waals surface area contributed by atoms with Crippen molar-refractivity contribution < 1.29 is 9.50 Å². The van der Waals surface area contributed by atoms with Crippen LogP contribution in [0.4, 0.5) is 4.39 Å². The molecule has 3 aromatic rings. The smallest absolute Gasteiger partial charge is 0.185 e. The summed E-state index contributed by atoms with van der Waals surface area (Å²) < 4.78 is 17.2. The van der Waals surface area contributed by atoms with Gasteiger partial charge in [-0.05, 0) is 50.3 Å². The third kappa shape index (κ3) is 3.50. The van der Waals surface area contributed by atoms with Crippen molar-refractivity contribution in [3.63, 3.8) is 0 Å². The highest BCUT2D eigenvalue weighted by molar-refractivity contribution is 5.67. The van der Waals surface area contributed by atoms with Gasteiger partial charge in [-0.15, -0.1) is 10.2 Å². The molecule has 2 aliphatic rings. The average molecular weight is 420 g/mol. The number of alkyl halides is 1. The predicted molar refractivity (Wildman–Crippen MR) is 115 cm³/mol. The average Bonchev–Trinajstić information content (AvgIpc) is 3.31. The molecule has 2 fully saturated rings. The Kier molecular flexibility index (Phi) is 4.81. The van der Waals surface area contributed by atoms with Crippen LogP contribution in [0.1, 0.15) is 38.3 Å². The lowest BCUT2D eigenvalue weighted by molar-refractivity contribution is 0.0324. The minimum Gasteiger partial charge on any atom is -0.507 e. The van der Waals surface area contributed by atoms with E-state index in [0.29, 0.717) is 35.1 Å². The van der Waals surface area contributed by atoms with Crippen molar-refractivity contribution in [3.8, 4) is 22.8 Å². The molecule has 0 saturated carbocycles. The number of nitrogens with one attached hydrogen (secondary N) is 1. The molecule has 4 atom stereocenters. The van der Waals surface area contributed by atoms with E-state index < -0.39 is 11.7 Å². The number of hydrogen-bond acceptors (Lipinski definition) is 6. The largest absolute Gasteiger partial charge is 0.507 e. The number of hydrogen-bond donors (Lipinski definition) is 2. The number of piperidine rings is 2. The van der Waals surface area contributed by atoms with Crippen LogP contribution >= 0.6 is 0 Å². The number of nitrogens with zero attached hydrogens (tertiary/aromatic N) is 5. The second-order valence-corrected chi connectivity index (χ2v) is 8.76. The van der Waals surface area contributed by atoms with Crippen molar-refractivity contribution in [2.45, 2.75) is 50.4 Å². The number of halogens is 1. The van der Waals surface area contributed by atoms with Crippen molar-refractivity contribution >= 4 is 5.57 Å². The van der Waals surface area contributed by atoms with Gasteiger partial charge in [0.1, 0.15) is 17.6 Å². The molecule has 0 spiro atoms. The molecule has 2 N–H and O–H groups in total. The lowest BCUT2D eigenvalue weighted by Gasteiger charge is -2.50. The first-order valence-corrected chi connectivity index (χ1v) is 10.6. The number of aromatic nitrogens is 5. The van der Waals surface area contributed by atoms with Crippen molar-refractivity contribution in [2.24, 2.45) is 5.92 Å². The van der Waals surface area contributed by atoms with Gasteiger partial charge in [0.05, 0.1) is 23.8 Å². The standard InChI is InChI=1S/C23H25FN6O/c1-14(18-10-15-4-3-7-23(2,27-15)21(18)24)19-12-26-22(29-28-19)17-6-5-16(11-20(17)31)30-9-8-25-13-30/h5-6,8-9,11-13,15,18,21,27,31H,1,3-4,7,10H2,2H3/t15?,18?,21-,23+/m1/s1. The molecule has 31 heavy (non-hydrogen) atoms. The molecule has 2 bridgehead atoms. The second-order valence-electron chi connectivity index (χ2n) is 8.76. The van der Waals surface area contributed by atoms with Crippen LogP contribution < -0.4 is 5.32 Å². The molecule has 7 nitrogen and oxygen atoms in total. The topological polar surface area (TPSA) is 88.8 Å². The highest BCUT2D eigenvalue weighted by Gasteiger charge is 2.48. The van der Waals surface area contributed by atoms with Crippen LogP contribution in [0.5, 0.6) is 5.75 Å². The Morgan fingerprint density at radius 1 is 1.35 bits per heavy atom. The zero-order valence-electron chi connectivity index (χ0n) is 17.4. The van der Waals surface area contributed by atoms with Gasteiger partial charge >= 0.3 is 0 Å². The van der Waals surface area contributed by atoms with Crippen molar-refractivity contribution in [2.75, 3.05) is 0 Å². The van der Waals surface area contributed by atoms with Crippen LogP contribution in [-0.4, -0.2) is 47.6 Å². The monoisotopic (exact) mass is 420 g/mol. The maximum absolute atomic E-state index is 15.4. The maximum atomic E-state index is 15.4. The number of benzene rings is 1. The molecular formula is C23H25FN6O. The molecule has 1 aromatic carbocycles. The van der Waals surface area contributed by atoms with E-state index in [2.05, 4.69) is 32.1 Å². The van der Waals surface area contributed by atoms with Gasteiger partial charge in [0.15, 0.2) is 5.82 Å². The Morgan fingerprint density at radius 3 is 2.94 bits per heavy atom. The van der Waals surface area contributed by atoms with E-state index in [1.807, 2.05) is 13.0 Å². The zero-order valence-corrected chi connectivity index (χ0v) is 17.4.